The topological polar surface area (TPSA) is 71.5 Å². The molecular weight excluding hydrogens is 355 g/mol. The Hall–Kier alpha value is -1.31. The molecule has 100 valence electrons. The third-order valence-corrected chi connectivity index (χ3v) is 3.57. The number of nitrogens with zero attached hydrogens (tertiary/aromatic N) is 3. The first-order valence-electron chi connectivity index (χ1n) is 5.88. The number of hydrogen-bond acceptors (Lipinski definition) is 4. The summed E-state index contributed by atoms with van der Waals surface area (Å²) in [6, 6.07) is 0. The van der Waals surface area contributed by atoms with E-state index >= 15 is 0 Å². The molecule has 0 aliphatic carbocycles. The predicted molar refractivity (Wildman–Crippen MR) is 82.0 cm³/mol. The Labute approximate surface area is 125 Å². The van der Waals surface area contributed by atoms with Crippen molar-refractivity contribution in [1.29, 1.82) is 0 Å². The summed E-state index contributed by atoms with van der Waals surface area (Å²) in [5, 5.41) is 0. The van der Waals surface area contributed by atoms with E-state index in [0.717, 1.165) is 11.3 Å². The molecule has 2 rings (SSSR count). The number of aromatic amines is 1. The Morgan fingerprint density at radius 1 is 1.21 bits per heavy atom. The van der Waals surface area contributed by atoms with E-state index in [1.165, 1.54) is 0 Å². The van der Waals surface area contributed by atoms with Crippen LogP contribution in [0, 0.1) is 10.5 Å². The Balaban J connectivity index is 2.63. The van der Waals surface area contributed by atoms with Crippen molar-refractivity contribution in [3.8, 4) is 11.6 Å². The number of hydrogen-bond donors (Lipinski definition) is 1. The first-order valence-corrected chi connectivity index (χ1v) is 6.96. The molecule has 2 aromatic rings. The van der Waals surface area contributed by atoms with Crippen molar-refractivity contribution in [1.82, 2.24) is 19.9 Å². The lowest BCUT2D eigenvalue weighted by Gasteiger charge is -2.19. The van der Waals surface area contributed by atoms with E-state index < -0.39 is 0 Å². The molecule has 5 nitrogen and oxygen atoms in total. The largest absolute Gasteiger partial charge is 0.303 e. The van der Waals surface area contributed by atoms with Crippen LogP contribution in [0.5, 0.6) is 0 Å². The molecular formula is C13H15IN4O. The summed E-state index contributed by atoms with van der Waals surface area (Å²) >= 11 is 2.02. The minimum absolute atomic E-state index is 0.153. The summed E-state index contributed by atoms with van der Waals surface area (Å²) in [4.78, 5) is 27.6. The molecule has 19 heavy (non-hydrogen) atoms. The molecule has 2 aromatic heterocycles. The van der Waals surface area contributed by atoms with Gasteiger partial charge in [0.05, 0.1) is 5.69 Å². The van der Waals surface area contributed by atoms with Gasteiger partial charge >= 0.3 is 0 Å². The molecule has 0 amide bonds. The van der Waals surface area contributed by atoms with Crippen molar-refractivity contribution >= 4 is 22.6 Å². The number of halogens is 1. The number of nitrogens with one attached hydrogen (secondary N) is 1. The molecule has 0 atom stereocenters. The van der Waals surface area contributed by atoms with Gasteiger partial charge < -0.3 is 4.98 Å². The fourth-order valence-corrected chi connectivity index (χ4v) is 2.64. The van der Waals surface area contributed by atoms with Gasteiger partial charge in [0.2, 0.25) is 0 Å². The zero-order chi connectivity index (χ0) is 14.2. The molecule has 2 heterocycles. The highest BCUT2D eigenvalue weighted by Crippen LogP contribution is 2.24. The Morgan fingerprint density at radius 2 is 1.79 bits per heavy atom. The van der Waals surface area contributed by atoms with Gasteiger partial charge in [0.1, 0.15) is 3.57 Å². The van der Waals surface area contributed by atoms with Crippen molar-refractivity contribution in [3.05, 3.63) is 37.6 Å². The SMILES string of the molecule is Cc1cnc(-c2nc(C(C)(C)C)c(I)c(=O)[nH]2)nc1. The average molecular weight is 370 g/mol. The van der Waals surface area contributed by atoms with Crippen LogP contribution in [-0.2, 0) is 5.41 Å². The van der Waals surface area contributed by atoms with Gasteiger partial charge in [-0.25, -0.2) is 15.0 Å². The minimum Gasteiger partial charge on any atom is -0.303 e. The molecule has 0 saturated carbocycles. The molecule has 1 N–H and O–H groups in total. The summed E-state index contributed by atoms with van der Waals surface area (Å²) in [5.41, 5.74) is 1.37. The van der Waals surface area contributed by atoms with E-state index in [0.29, 0.717) is 15.2 Å². The van der Waals surface area contributed by atoms with E-state index in [9.17, 15) is 4.79 Å². The lowest BCUT2D eigenvalue weighted by molar-refractivity contribution is 0.561. The maximum absolute atomic E-state index is 12.0. The van der Waals surface area contributed by atoms with Gasteiger partial charge in [-0.3, -0.25) is 4.79 Å². The van der Waals surface area contributed by atoms with Crippen LogP contribution in [0.1, 0.15) is 32.0 Å². The normalized spacial score (nSPS) is 11.6. The molecule has 0 aliphatic heterocycles. The second kappa shape index (κ2) is 4.99. The van der Waals surface area contributed by atoms with Gasteiger partial charge in [-0.15, -0.1) is 0 Å². The molecule has 0 aromatic carbocycles. The standard InChI is InChI=1S/C13H15IN4O/c1-7-5-15-10(16-6-7)11-17-9(13(2,3)4)8(14)12(19)18-11/h5-6H,1-4H3,(H,17,18,19). The monoisotopic (exact) mass is 370 g/mol. The zero-order valence-electron chi connectivity index (χ0n) is 11.3. The second-order valence-electron chi connectivity index (χ2n) is 5.41. The number of H-pyrrole nitrogens is 1. The summed E-state index contributed by atoms with van der Waals surface area (Å²) in [5.74, 6) is 0.847. The van der Waals surface area contributed by atoms with Gasteiger partial charge in [-0.2, -0.15) is 0 Å². The van der Waals surface area contributed by atoms with Gasteiger partial charge in [-0.1, -0.05) is 20.8 Å². The van der Waals surface area contributed by atoms with Gasteiger partial charge in [0, 0.05) is 17.8 Å². The predicted octanol–water partition coefficient (Wildman–Crippen LogP) is 2.44. The van der Waals surface area contributed by atoms with Crippen molar-refractivity contribution in [2.24, 2.45) is 0 Å². The van der Waals surface area contributed by atoms with Crippen molar-refractivity contribution in [2.45, 2.75) is 33.1 Å². The Kier molecular flexibility index (Phi) is 3.71. The third kappa shape index (κ3) is 2.99. The van der Waals surface area contributed by atoms with Crippen LogP contribution in [0.2, 0.25) is 0 Å². The van der Waals surface area contributed by atoms with Crippen LogP contribution in [0.4, 0.5) is 0 Å². The summed E-state index contributed by atoms with van der Waals surface area (Å²) in [7, 11) is 0. The smallest absolute Gasteiger partial charge is 0.264 e. The maximum Gasteiger partial charge on any atom is 0.264 e. The van der Waals surface area contributed by atoms with Crippen LogP contribution in [-0.4, -0.2) is 19.9 Å². The highest BCUT2D eigenvalue weighted by atomic mass is 127. The van der Waals surface area contributed by atoms with Crippen LogP contribution in [0.15, 0.2) is 17.2 Å². The van der Waals surface area contributed by atoms with Crippen LogP contribution < -0.4 is 5.56 Å². The lowest BCUT2D eigenvalue weighted by atomic mass is 9.92. The summed E-state index contributed by atoms with van der Waals surface area (Å²) in [6.07, 6.45) is 3.41. The summed E-state index contributed by atoms with van der Waals surface area (Å²) in [6.45, 7) is 7.98. The first-order chi connectivity index (χ1) is 8.79. The fraction of sp³-hybridized carbons (Fsp3) is 0.385. The molecule has 0 fully saturated rings. The molecule has 0 bridgehead atoms. The highest BCUT2D eigenvalue weighted by Gasteiger charge is 2.22. The Bertz CT molecular complexity index is 656. The van der Waals surface area contributed by atoms with E-state index in [4.69, 9.17) is 0 Å². The molecule has 0 unspecified atom stereocenters. The van der Waals surface area contributed by atoms with Crippen molar-refractivity contribution < 1.29 is 0 Å². The van der Waals surface area contributed by atoms with E-state index in [-0.39, 0.29) is 11.0 Å². The minimum atomic E-state index is -0.204. The van der Waals surface area contributed by atoms with Gasteiger partial charge in [0.25, 0.3) is 5.56 Å². The Morgan fingerprint density at radius 3 is 2.32 bits per heavy atom. The molecule has 0 aliphatic rings. The van der Waals surface area contributed by atoms with Crippen LogP contribution in [0.3, 0.4) is 0 Å². The van der Waals surface area contributed by atoms with Gasteiger partial charge in [-0.05, 0) is 35.1 Å². The molecule has 0 saturated heterocycles. The molecule has 6 heteroatoms. The van der Waals surface area contributed by atoms with E-state index in [1.54, 1.807) is 12.4 Å². The second-order valence-corrected chi connectivity index (χ2v) is 6.49. The van der Waals surface area contributed by atoms with Gasteiger partial charge in [0.15, 0.2) is 11.6 Å². The lowest BCUT2D eigenvalue weighted by Crippen LogP contribution is -2.24. The van der Waals surface area contributed by atoms with Crippen molar-refractivity contribution in [2.75, 3.05) is 0 Å². The third-order valence-electron chi connectivity index (χ3n) is 2.57. The van der Waals surface area contributed by atoms with E-state index in [1.807, 2.05) is 50.3 Å². The molecule has 0 radical (unpaired) electrons. The summed E-state index contributed by atoms with van der Waals surface area (Å²) < 4.78 is 0.612. The number of aryl methyl sites for hydroxylation is 1. The van der Waals surface area contributed by atoms with Crippen LogP contribution in [0.25, 0.3) is 11.6 Å². The maximum atomic E-state index is 12.0. The number of aromatic nitrogens is 4. The highest BCUT2D eigenvalue weighted by molar-refractivity contribution is 14.1. The van der Waals surface area contributed by atoms with Crippen molar-refractivity contribution in [3.63, 3.8) is 0 Å². The zero-order valence-corrected chi connectivity index (χ0v) is 13.4. The number of rotatable bonds is 1. The molecule has 0 spiro atoms. The quantitative estimate of drug-likeness (QED) is 0.783. The first kappa shape index (κ1) is 14.1. The average Bonchev–Trinajstić information content (AvgIpc) is 2.32. The van der Waals surface area contributed by atoms with E-state index in [2.05, 4.69) is 19.9 Å². The van der Waals surface area contributed by atoms with Crippen LogP contribution >= 0.6 is 22.6 Å². The fourth-order valence-electron chi connectivity index (χ4n) is 1.58.